The van der Waals surface area contributed by atoms with Crippen LogP contribution in [0.3, 0.4) is 0 Å². The van der Waals surface area contributed by atoms with Crippen molar-refractivity contribution in [1.82, 2.24) is 4.90 Å². The fourth-order valence-electron chi connectivity index (χ4n) is 5.60. The summed E-state index contributed by atoms with van der Waals surface area (Å²) < 4.78 is 5.35. The van der Waals surface area contributed by atoms with Crippen LogP contribution in [-0.4, -0.2) is 29.4 Å². The summed E-state index contributed by atoms with van der Waals surface area (Å²) in [5.41, 5.74) is 2.88. The Balaban J connectivity index is 1.81. The van der Waals surface area contributed by atoms with E-state index in [1.165, 1.54) is 43.7 Å². The van der Waals surface area contributed by atoms with E-state index in [0.717, 1.165) is 19.4 Å². The molecule has 1 aromatic rings. The Morgan fingerprint density at radius 1 is 1.21 bits per heavy atom. The minimum absolute atomic E-state index is 0.165. The molecule has 4 heteroatoms. The molecule has 3 aliphatic rings. The van der Waals surface area contributed by atoms with Crippen molar-refractivity contribution in [3.05, 3.63) is 29.3 Å². The summed E-state index contributed by atoms with van der Waals surface area (Å²) >= 11 is 0. The van der Waals surface area contributed by atoms with Gasteiger partial charge in [-0.3, -0.25) is 9.59 Å². The van der Waals surface area contributed by atoms with E-state index in [0.29, 0.717) is 17.7 Å². The molecule has 1 saturated carbocycles. The number of hydrogen-bond acceptors (Lipinski definition) is 3. The smallest absolute Gasteiger partial charge is 0.308 e. The first-order chi connectivity index (χ1) is 11.5. The van der Waals surface area contributed by atoms with Gasteiger partial charge in [0, 0.05) is 31.8 Å². The molecule has 2 fully saturated rings. The maximum atomic E-state index is 12.1. The Bertz CT molecular complexity index is 698. The molecule has 0 aromatic heterocycles. The number of carbonyl (C=O) groups is 2. The highest BCUT2D eigenvalue weighted by Crippen LogP contribution is 2.56. The second-order valence-electron chi connectivity index (χ2n) is 7.65. The molecule has 4 nitrogen and oxygen atoms in total. The number of nitrogens with zero attached hydrogens (tertiary/aromatic N) is 1. The summed E-state index contributed by atoms with van der Waals surface area (Å²) in [6.07, 6.45) is 6.86. The number of carbonyl (C=O) groups excluding carboxylic acids is 2. The van der Waals surface area contributed by atoms with E-state index in [1.807, 2.05) is 6.07 Å². The average molecular weight is 327 g/mol. The van der Waals surface area contributed by atoms with Gasteiger partial charge in [0.2, 0.25) is 5.91 Å². The number of esters is 1. The van der Waals surface area contributed by atoms with Crippen molar-refractivity contribution >= 4 is 11.9 Å². The van der Waals surface area contributed by atoms with Gasteiger partial charge in [0.1, 0.15) is 5.75 Å². The molecule has 24 heavy (non-hydrogen) atoms. The molecule has 2 bridgehead atoms. The molecule has 1 aliphatic heterocycles. The van der Waals surface area contributed by atoms with E-state index < -0.39 is 0 Å². The zero-order valence-corrected chi connectivity index (χ0v) is 14.5. The Morgan fingerprint density at radius 3 is 2.79 bits per heavy atom. The van der Waals surface area contributed by atoms with Crippen molar-refractivity contribution < 1.29 is 14.3 Å². The number of piperidine rings is 1. The third kappa shape index (κ3) is 2.27. The third-order valence-electron chi connectivity index (χ3n) is 6.47. The highest BCUT2D eigenvalue weighted by atomic mass is 16.5. The van der Waals surface area contributed by atoms with Crippen LogP contribution >= 0.6 is 0 Å². The summed E-state index contributed by atoms with van der Waals surface area (Å²) in [6.45, 7) is 4.01. The van der Waals surface area contributed by atoms with Crippen LogP contribution in [-0.2, 0) is 21.4 Å². The van der Waals surface area contributed by atoms with Gasteiger partial charge in [0.25, 0.3) is 0 Å². The highest BCUT2D eigenvalue weighted by Gasteiger charge is 2.54. The van der Waals surface area contributed by atoms with E-state index in [9.17, 15) is 9.59 Å². The van der Waals surface area contributed by atoms with Crippen LogP contribution in [0.4, 0.5) is 0 Å². The molecule has 0 spiro atoms. The number of rotatable bonds is 1. The molecule has 0 radical (unpaired) electrons. The van der Waals surface area contributed by atoms with Crippen molar-refractivity contribution in [2.45, 2.75) is 63.8 Å². The third-order valence-corrected chi connectivity index (χ3v) is 6.47. The van der Waals surface area contributed by atoms with Crippen molar-refractivity contribution in [2.75, 3.05) is 6.54 Å². The minimum Gasteiger partial charge on any atom is -0.427 e. The average Bonchev–Trinajstić information content (AvgIpc) is 2.54. The van der Waals surface area contributed by atoms with Crippen molar-refractivity contribution in [2.24, 2.45) is 5.92 Å². The number of benzene rings is 1. The molecule has 4 rings (SSSR count). The highest BCUT2D eigenvalue weighted by molar-refractivity contribution is 5.74. The summed E-state index contributed by atoms with van der Waals surface area (Å²) in [6, 6.07) is 6.45. The van der Waals surface area contributed by atoms with Gasteiger partial charge in [-0.05, 0) is 54.9 Å². The zero-order chi connectivity index (χ0) is 16.9. The van der Waals surface area contributed by atoms with E-state index >= 15 is 0 Å². The van der Waals surface area contributed by atoms with Crippen LogP contribution in [0, 0.1) is 5.92 Å². The van der Waals surface area contributed by atoms with Crippen molar-refractivity contribution in [3.8, 4) is 5.75 Å². The van der Waals surface area contributed by atoms with Crippen LogP contribution in [0.5, 0.6) is 5.75 Å². The zero-order valence-electron chi connectivity index (χ0n) is 14.5. The Hall–Kier alpha value is -1.84. The van der Waals surface area contributed by atoms with E-state index in [4.69, 9.17) is 4.74 Å². The molecule has 0 N–H and O–H groups in total. The molecule has 1 amide bonds. The lowest BCUT2D eigenvalue weighted by molar-refractivity contribution is -0.138. The maximum absolute atomic E-state index is 12.1. The molecule has 128 valence electrons. The van der Waals surface area contributed by atoms with Gasteiger partial charge >= 0.3 is 5.97 Å². The molecular formula is C20H25NO3. The Kier molecular flexibility index (Phi) is 3.66. The Labute approximate surface area is 143 Å². The first-order valence-corrected chi connectivity index (χ1v) is 9.10. The number of ether oxygens (including phenoxy) is 1. The largest absolute Gasteiger partial charge is 0.427 e. The fraction of sp³-hybridized carbons (Fsp3) is 0.600. The predicted molar refractivity (Wildman–Crippen MR) is 90.9 cm³/mol. The summed E-state index contributed by atoms with van der Waals surface area (Å²) in [5.74, 6) is 1.14. The first kappa shape index (κ1) is 15.7. The van der Waals surface area contributed by atoms with Crippen molar-refractivity contribution in [1.29, 1.82) is 0 Å². The standard InChI is InChI=1S/C20H25NO3/c1-13(22)21-10-9-20-8-4-3-5-17(20)19(21)11-15-6-7-16(12-18(15)20)24-14(2)23/h6-7,12,17,19H,3-5,8-11H2,1-2H3/t17-,19-,20+/m0/s1. The molecule has 2 aliphatic carbocycles. The second kappa shape index (κ2) is 5.61. The molecule has 1 aromatic carbocycles. The van der Waals surface area contributed by atoms with E-state index in [1.54, 1.807) is 6.92 Å². The minimum atomic E-state index is -0.271. The van der Waals surface area contributed by atoms with Crippen LogP contribution in [0.2, 0.25) is 0 Å². The summed E-state index contributed by atoms with van der Waals surface area (Å²) in [4.78, 5) is 25.6. The van der Waals surface area contributed by atoms with Crippen LogP contribution < -0.4 is 4.74 Å². The van der Waals surface area contributed by atoms with Gasteiger partial charge in [0.05, 0.1) is 0 Å². The first-order valence-electron chi connectivity index (χ1n) is 9.10. The van der Waals surface area contributed by atoms with Gasteiger partial charge < -0.3 is 9.64 Å². The SMILES string of the molecule is CC(=O)Oc1ccc2c(c1)[C@@]13CCCC[C@H]1[C@H](C2)N(C(C)=O)CC3. The van der Waals surface area contributed by atoms with E-state index in [2.05, 4.69) is 17.0 Å². The maximum Gasteiger partial charge on any atom is 0.308 e. The van der Waals surface area contributed by atoms with Gasteiger partial charge in [0.15, 0.2) is 0 Å². The molecule has 3 atom stereocenters. The topological polar surface area (TPSA) is 46.6 Å². The molecule has 1 heterocycles. The number of hydrogen-bond donors (Lipinski definition) is 0. The Morgan fingerprint density at radius 2 is 2.04 bits per heavy atom. The van der Waals surface area contributed by atoms with Crippen LogP contribution in [0.15, 0.2) is 18.2 Å². The molecule has 0 unspecified atom stereocenters. The van der Waals surface area contributed by atoms with E-state index in [-0.39, 0.29) is 17.3 Å². The normalized spacial score (nSPS) is 31.0. The van der Waals surface area contributed by atoms with Crippen molar-refractivity contribution in [3.63, 3.8) is 0 Å². The number of fused-ring (bicyclic) bond motifs is 1. The number of likely N-dealkylation sites (tertiary alicyclic amines) is 1. The summed E-state index contributed by atoms with van der Waals surface area (Å²) in [7, 11) is 0. The molecule has 1 saturated heterocycles. The molecular weight excluding hydrogens is 302 g/mol. The lowest BCUT2D eigenvalue weighted by Crippen LogP contribution is -2.61. The lowest BCUT2D eigenvalue weighted by atomic mass is 9.52. The second-order valence-corrected chi connectivity index (χ2v) is 7.65. The van der Waals surface area contributed by atoms with Gasteiger partial charge in [-0.25, -0.2) is 0 Å². The van der Waals surface area contributed by atoms with Gasteiger partial charge in [-0.1, -0.05) is 18.9 Å². The van der Waals surface area contributed by atoms with Gasteiger partial charge in [-0.2, -0.15) is 0 Å². The quantitative estimate of drug-likeness (QED) is 0.588. The number of amides is 1. The lowest BCUT2D eigenvalue weighted by Gasteiger charge is -2.59. The monoisotopic (exact) mass is 327 g/mol. The van der Waals surface area contributed by atoms with Gasteiger partial charge in [-0.15, -0.1) is 0 Å². The summed E-state index contributed by atoms with van der Waals surface area (Å²) in [5, 5.41) is 0. The van der Waals surface area contributed by atoms with Crippen LogP contribution in [0.25, 0.3) is 0 Å². The van der Waals surface area contributed by atoms with Crippen LogP contribution in [0.1, 0.15) is 57.1 Å². The fourth-order valence-corrected chi connectivity index (χ4v) is 5.60. The predicted octanol–water partition coefficient (Wildman–Crippen LogP) is 3.22.